The molecule has 4 rings (SSSR count). The molecule has 2 N–H and O–H groups in total. The number of hydrogen-bond acceptors (Lipinski definition) is 3. The third-order valence-electron chi connectivity index (χ3n) is 4.06. The maximum atomic E-state index is 12.7. The van der Waals surface area contributed by atoms with E-state index in [9.17, 15) is 9.59 Å². The van der Waals surface area contributed by atoms with Crippen molar-refractivity contribution in [3.05, 3.63) is 64.2 Å². The molecule has 0 atom stereocenters. The molecule has 132 valence electrons. The molecule has 2 amide bonds. The summed E-state index contributed by atoms with van der Waals surface area (Å²) in [5.41, 5.74) is 1.16. The normalized spacial score (nSPS) is 13.6. The number of anilines is 1. The number of pyridine rings is 1. The Morgan fingerprint density at radius 2 is 1.92 bits per heavy atom. The van der Waals surface area contributed by atoms with E-state index in [1.807, 2.05) is 0 Å². The third kappa shape index (κ3) is 3.25. The van der Waals surface area contributed by atoms with E-state index in [0.29, 0.717) is 21.2 Å². The molecule has 1 aliphatic carbocycles. The van der Waals surface area contributed by atoms with Crippen molar-refractivity contribution < 1.29 is 9.59 Å². The molecule has 0 aliphatic heterocycles. The van der Waals surface area contributed by atoms with Crippen LogP contribution in [0.15, 0.2) is 42.6 Å². The minimum absolute atomic E-state index is 0.0950. The number of nitrogens with zero attached hydrogens (tertiary/aromatic N) is 2. The molecule has 1 aromatic carbocycles. The first kappa shape index (κ1) is 16.9. The average molecular weight is 389 g/mol. The van der Waals surface area contributed by atoms with E-state index in [2.05, 4.69) is 15.6 Å². The molecule has 0 spiro atoms. The summed E-state index contributed by atoms with van der Waals surface area (Å²) < 4.78 is 1.58. The third-order valence-corrected chi connectivity index (χ3v) is 4.62. The van der Waals surface area contributed by atoms with Crippen molar-refractivity contribution in [1.82, 2.24) is 14.7 Å². The van der Waals surface area contributed by atoms with Crippen LogP contribution in [0.3, 0.4) is 0 Å². The summed E-state index contributed by atoms with van der Waals surface area (Å²) in [4.78, 5) is 29.5. The standard InChI is InChI=1S/C18H14Cl2N4O2/c19-10-4-7-12(20)13(9-10)22-18(26)16-23-15(17(25)21-11-5-6-11)14-3-1-2-8-24(14)16/h1-4,7-9,11H,5-6H2,(H,21,25)(H,22,26). The lowest BCUT2D eigenvalue weighted by molar-refractivity contribution is 0.0948. The van der Waals surface area contributed by atoms with E-state index >= 15 is 0 Å². The van der Waals surface area contributed by atoms with Crippen LogP contribution in [0.4, 0.5) is 5.69 Å². The van der Waals surface area contributed by atoms with Gasteiger partial charge in [0, 0.05) is 17.3 Å². The number of imidazole rings is 1. The van der Waals surface area contributed by atoms with Gasteiger partial charge in [-0.25, -0.2) is 4.98 Å². The number of rotatable bonds is 4. The molecular formula is C18H14Cl2N4O2. The van der Waals surface area contributed by atoms with Crippen LogP contribution in [0.2, 0.25) is 10.0 Å². The summed E-state index contributed by atoms with van der Waals surface area (Å²) in [5.74, 6) is -0.672. The lowest BCUT2D eigenvalue weighted by Crippen LogP contribution is -2.26. The molecule has 0 unspecified atom stereocenters. The van der Waals surface area contributed by atoms with Gasteiger partial charge in [-0.05, 0) is 43.2 Å². The Morgan fingerprint density at radius 3 is 2.69 bits per heavy atom. The number of hydrogen-bond donors (Lipinski definition) is 2. The zero-order valence-electron chi connectivity index (χ0n) is 13.5. The van der Waals surface area contributed by atoms with Crippen molar-refractivity contribution >= 4 is 46.2 Å². The average Bonchev–Trinajstić information content (AvgIpc) is 3.34. The first-order valence-corrected chi connectivity index (χ1v) is 8.83. The number of aromatic nitrogens is 2. The first-order valence-electron chi connectivity index (χ1n) is 8.07. The second kappa shape index (κ2) is 6.63. The number of fused-ring (bicyclic) bond motifs is 1. The van der Waals surface area contributed by atoms with Gasteiger partial charge in [-0.3, -0.25) is 14.0 Å². The van der Waals surface area contributed by atoms with Crippen LogP contribution in [-0.4, -0.2) is 27.2 Å². The summed E-state index contributed by atoms with van der Waals surface area (Å²) in [6, 6.07) is 10.3. The van der Waals surface area contributed by atoms with Crippen LogP contribution >= 0.6 is 23.2 Å². The van der Waals surface area contributed by atoms with Crippen LogP contribution in [-0.2, 0) is 0 Å². The maximum absolute atomic E-state index is 12.7. The van der Waals surface area contributed by atoms with Crippen LogP contribution in [0, 0.1) is 0 Å². The smallest absolute Gasteiger partial charge is 0.292 e. The monoisotopic (exact) mass is 388 g/mol. The quantitative estimate of drug-likeness (QED) is 0.713. The Kier molecular flexibility index (Phi) is 4.30. The van der Waals surface area contributed by atoms with Gasteiger partial charge in [0.05, 0.1) is 16.2 Å². The van der Waals surface area contributed by atoms with Crippen LogP contribution < -0.4 is 10.6 Å². The number of carbonyl (C=O) groups excluding carboxylic acids is 2. The van der Waals surface area contributed by atoms with Gasteiger partial charge >= 0.3 is 0 Å². The Labute approximate surface area is 159 Å². The zero-order chi connectivity index (χ0) is 18.3. The molecule has 2 aromatic heterocycles. The summed E-state index contributed by atoms with van der Waals surface area (Å²) >= 11 is 12.1. The SMILES string of the molecule is O=C(NC1CC1)c1nc(C(=O)Nc2cc(Cl)ccc2Cl)n2ccccc12. The fourth-order valence-electron chi connectivity index (χ4n) is 2.62. The van der Waals surface area contributed by atoms with Crippen molar-refractivity contribution in [2.75, 3.05) is 5.32 Å². The lowest BCUT2D eigenvalue weighted by Gasteiger charge is -2.07. The summed E-state index contributed by atoms with van der Waals surface area (Å²) in [5, 5.41) is 6.39. The van der Waals surface area contributed by atoms with Crippen molar-refractivity contribution in [3.63, 3.8) is 0 Å². The molecule has 26 heavy (non-hydrogen) atoms. The van der Waals surface area contributed by atoms with E-state index in [0.717, 1.165) is 12.8 Å². The first-order chi connectivity index (χ1) is 12.5. The van der Waals surface area contributed by atoms with Gasteiger partial charge < -0.3 is 10.6 Å². The van der Waals surface area contributed by atoms with Crippen molar-refractivity contribution in [1.29, 1.82) is 0 Å². The number of amides is 2. The van der Waals surface area contributed by atoms with Crippen molar-refractivity contribution in [3.8, 4) is 0 Å². The van der Waals surface area contributed by atoms with Gasteiger partial charge in [-0.1, -0.05) is 29.3 Å². The van der Waals surface area contributed by atoms with Crippen molar-refractivity contribution in [2.45, 2.75) is 18.9 Å². The molecule has 6 nitrogen and oxygen atoms in total. The molecule has 1 saturated carbocycles. The van der Waals surface area contributed by atoms with Gasteiger partial charge in [-0.2, -0.15) is 0 Å². The highest BCUT2D eigenvalue weighted by atomic mass is 35.5. The second-order valence-corrected chi connectivity index (χ2v) is 6.91. The molecule has 0 bridgehead atoms. The van der Waals surface area contributed by atoms with Gasteiger partial charge in [0.25, 0.3) is 11.8 Å². The molecule has 8 heteroatoms. The van der Waals surface area contributed by atoms with Gasteiger partial charge in [-0.15, -0.1) is 0 Å². The van der Waals surface area contributed by atoms with E-state index in [4.69, 9.17) is 23.2 Å². The van der Waals surface area contributed by atoms with Gasteiger partial charge in [0.2, 0.25) is 5.82 Å². The Morgan fingerprint density at radius 1 is 1.12 bits per heavy atom. The van der Waals surface area contributed by atoms with Gasteiger partial charge in [0.15, 0.2) is 5.69 Å². The van der Waals surface area contributed by atoms with E-state index in [1.165, 1.54) is 0 Å². The molecular weight excluding hydrogens is 375 g/mol. The Hall–Kier alpha value is -2.57. The molecule has 0 radical (unpaired) electrons. The molecule has 1 aliphatic rings. The number of halogens is 2. The molecule has 1 fully saturated rings. The summed E-state index contributed by atoms with van der Waals surface area (Å²) in [7, 11) is 0. The highest BCUT2D eigenvalue weighted by Gasteiger charge is 2.27. The predicted octanol–water partition coefficient (Wildman–Crippen LogP) is 3.79. The maximum Gasteiger partial charge on any atom is 0.292 e. The topological polar surface area (TPSA) is 75.5 Å². The Balaban J connectivity index is 1.70. The minimum Gasteiger partial charge on any atom is -0.348 e. The lowest BCUT2D eigenvalue weighted by atomic mass is 10.3. The summed E-state index contributed by atoms with van der Waals surface area (Å²) in [6.07, 6.45) is 3.63. The van der Waals surface area contributed by atoms with Crippen LogP contribution in [0.5, 0.6) is 0 Å². The molecule has 3 aromatic rings. The van der Waals surface area contributed by atoms with Gasteiger partial charge in [0.1, 0.15) is 0 Å². The molecule has 2 heterocycles. The minimum atomic E-state index is -0.485. The van der Waals surface area contributed by atoms with Crippen molar-refractivity contribution in [2.24, 2.45) is 0 Å². The summed E-state index contributed by atoms with van der Waals surface area (Å²) in [6.45, 7) is 0. The predicted molar refractivity (Wildman–Crippen MR) is 100 cm³/mol. The fraction of sp³-hybridized carbons (Fsp3) is 0.167. The van der Waals surface area contributed by atoms with E-state index in [-0.39, 0.29) is 23.5 Å². The fourth-order valence-corrected chi connectivity index (χ4v) is 2.95. The van der Waals surface area contributed by atoms with E-state index in [1.54, 1.807) is 47.0 Å². The Bertz CT molecular complexity index is 1030. The highest BCUT2D eigenvalue weighted by Crippen LogP contribution is 2.26. The second-order valence-electron chi connectivity index (χ2n) is 6.07. The van der Waals surface area contributed by atoms with Crippen LogP contribution in [0.1, 0.15) is 33.9 Å². The number of nitrogens with one attached hydrogen (secondary N) is 2. The van der Waals surface area contributed by atoms with Crippen LogP contribution in [0.25, 0.3) is 5.52 Å². The number of carbonyl (C=O) groups is 2. The largest absolute Gasteiger partial charge is 0.348 e. The molecule has 0 saturated heterocycles. The van der Waals surface area contributed by atoms with E-state index < -0.39 is 5.91 Å². The zero-order valence-corrected chi connectivity index (χ0v) is 15.0. The number of benzene rings is 1. The highest BCUT2D eigenvalue weighted by molar-refractivity contribution is 6.35.